The number of aryl methyl sites for hydroxylation is 1. The van der Waals surface area contributed by atoms with Crippen LogP contribution in [0.5, 0.6) is 0 Å². The van der Waals surface area contributed by atoms with Crippen LogP contribution < -0.4 is 0 Å². The predicted octanol–water partition coefficient (Wildman–Crippen LogP) is 2.96. The summed E-state index contributed by atoms with van der Waals surface area (Å²) in [6, 6.07) is 0. The Labute approximate surface area is 77.2 Å². The second-order valence-corrected chi connectivity index (χ2v) is 4.43. The monoisotopic (exact) mass is 179 g/mol. The number of rotatable bonds is 2. The van der Waals surface area contributed by atoms with Crippen LogP contribution in [0.3, 0.4) is 0 Å². The number of allylic oxidation sites excluding steroid dienone is 2. The van der Waals surface area contributed by atoms with Gasteiger partial charge in [-0.2, -0.15) is 0 Å². The van der Waals surface area contributed by atoms with Gasteiger partial charge in [0.2, 0.25) is 0 Å². The highest BCUT2D eigenvalue weighted by Gasteiger charge is 2.12. The maximum absolute atomic E-state index is 4.46. The molecule has 1 aromatic heterocycles. The maximum atomic E-state index is 4.46. The summed E-state index contributed by atoms with van der Waals surface area (Å²) in [5.74, 6) is 0.825. The molecular formula is C10H13NS. The Morgan fingerprint density at radius 3 is 2.83 bits per heavy atom. The third kappa shape index (κ3) is 1.75. The van der Waals surface area contributed by atoms with Gasteiger partial charge in [0.1, 0.15) is 0 Å². The van der Waals surface area contributed by atoms with Gasteiger partial charge >= 0.3 is 0 Å². The molecule has 2 heteroatoms. The predicted molar refractivity (Wildman–Crippen MR) is 52.4 cm³/mol. The molecular weight excluding hydrogens is 166 g/mol. The van der Waals surface area contributed by atoms with Crippen LogP contribution in [0.15, 0.2) is 17.5 Å². The summed E-state index contributed by atoms with van der Waals surface area (Å²) in [7, 11) is 0. The Morgan fingerprint density at radius 2 is 2.25 bits per heavy atom. The van der Waals surface area contributed by atoms with E-state index in [4.69, 9.17) is 0 Å². The van der Waals surface area contributed by atoms with Crippen molar-refractivity contribution in [3.05, 3.63) is 28.2 Å². The van der Waals surface area contributed by atoms with Gasteiger partial charge in [-0.25, -0.2) is 4.98 Å². The Bertz CT molecular complexity index is 280. The van der Waals surface area contributed by atoms with E-state index in [0.717, 1.165) is 12.3 Å². The normalized spacial score (nSPS) is 17.4. The highest BCUT2D eigenvalue weighted by atomic mass is 32.1. The lowest BCUT2D eigenvalue weighted by molar-refractivity contribution is 0.560. The molecule has 0 N–H and O–H groups in total. The van der Waals surface area contributed by atoms with Crippen LogP contribution in [0, 0.1) is 12.8 Å². The van der Waals surface area contributed by atoms with Crippen molar-refractivity contribution in [1.82, 2.24) is 4.98 Å². The van der Waals surface area contributed by atoms with Gasteiger partial charge in [0, 0.05) is 5.38 Å². The second-order valence-electron chi connectivity index (χ2n) is 3.37. The number of nitrogens with zero attached hydrogens (tertiary/aromatic N) is 1. The fraction of sp³-hybridized carbons (Fsp3) is 0.500. The summed E-state index contributed by atoms with van der Waals surface area (Å²) in [5, 5.41) is 3.38. The molecule has 1 aromatic rings. The summed E-state index contributed by atoms with van der Waals surface area (Å²) < 4.78 is 0. The van der Waals surface area contributed by atoms with Gasteiger partial charge in [-0.15, -0.1) is 11.3 Å². The van der Waals surface area contributed by atoms with E-state index in [1.807, 2.05) is 0 Å². The molecule has 0 bridgehead atoms. The lowest BCUT2D eigenvalue weighted by atomic mass is 10.0. The van der Waals surface area contributed by atoms with E-state index in [-0.39, 0.29) is 0 Å². The summed E-state index contributed by atoms with van der Waals surface area (Å²) in [6.45, 7) is 2.07. The zero-order valence-corrected chi connectivity index (χ0v) is 8.10. The first-order chi connectivity index (χ1) is 5.84. The van der Waals surface area contributed by atoms with Crippen LogP contribution in [0.25, 0.3) is 0 Å². The molecule has 0 fully saturated rings. The van der Waals surface area contributed by atoms with E-state index in [9.17, 15) is 0 Å². The molecule has 1 nitrogen and oxygen atoms in total. The van der Waals surface area contributed by atoms with Crippen molar-refractivity contribution in [2.24, 2.45) is 5.92 Å². The molecule has 0 saturated heterocycles. The van der Waals surface area contributed by atoms with Gasteiger partial charge in [-0.1, -0.05) is 12.2 Å². The minimum atomic E-state index is 0.825. The third-order valence-electron chi connectivity index (χ3n) is 2.27. The van der Waals surface area contributed by atoms with Gasteiger partial charge in [-0.3, -0.25) is 0 Å². The Morgan fingerprint density at radius 1 is 1.50 bits per heavy atom. The quantitative estimate of drug-likeness (QED) is 0.636. The van der Waals surface area contributed by atoms with E-state index in [1.165, 1.54) is 23.5 Å². The first-order valence-corrected chi connectivity index (χ1v) is 5.28. The molecule has 0 amide bonds. The maximum Gasteiger partial charge on any atom is 0.0897 e. The van der Waals surface area contributed by atoms with Gasteiger partial charge in [0.05, 0.1) is 10.7 Å². The summed E-state index contributed by atoms with van der Waals surface area (Å²) in [4.78, 5) is 4.46. The molecule has 0 aliphatic heterocycles. The van der Waals surface area contributed by atoms with Crippen molar-refractivity contribution < 1.29 is 0 Å². The van der Waals surface area contributed by atoms with Crippen molar-refractivity contribution in [2.45, 2.75) is 26.2 Å². The number of aromatic nitrogens is 1. The topological polar surface area (TPSA) is 12.9 Å². The van der Waals surface area contributed by atoms with Crippen molar-refractivity contribution in [3.8, 4) is 0 Å². The zero-order chi connectivity index (χ0) is 8.39. The molecule has 0 unspecified atom stereocenters. The van der Waals surface area contributed by atoms with Crippen LogP contribution in [0.4, 0.5) is 0 Å². The third-order valence-corrected chi connectivity index (χ3v) is 3.09. The van der Waals surface area contributed by atoms with Crippen LogP contribution in [-0.4, -0.2) is 4.98 Å². The van der Waals surface area contributed by atoms with Crippen molar-refractivity contribution in [3.63, 3.8) is 0 Å². The standard InChI is InChI=1S/C10H13NS/c1-8-11-10(7-12-8)6-9-4-2-3-5-9/h2-3,7,9H,4-6H2,1H3. The SMILES string of the molecule is Cc1nc(CC2CC=CC2)cs1. The minimum absolute atomic E-state index is 0.825. The highest BCUT2D eigenvalue weighted by Crippen LogP contribution is 2.22. The van der Waals surface area contributed by atoms with E-state index < -0.39 is 0 Å². The van der Waals surface area contributed by atoms with Crippen molar-refractivity contribution in [2.75, 3.05) is 0 Å². The fourth-order valence-electron chi connectivity index (χ4n) is 1.64. The lowest BCUT2D eigenvalue weighted by Gasteiger charge is -2.04. The average molecular weight is 179 g/mol. The molecule has 0 spiro atoms. The summed E-state index contributed by atoms with van der Waals surface area (Å²) in [5.41, 5.74) is 1.28. The highest BCUT2D eigenvalue weighted by molar-refractivity contribution is 7.09. The van der Waals surface area contributed by atoms with Crippen molar-refractivity contribution in [1.29, 1.82) is 0 Å². The van der Waals surface area contributed by atoms with E-state index in [1.54, 1.807) is 11.3 Å². The van der Waals surface area contributed by atoms with E-state index in [0.29, 0.717) is 0 Å². The Balaban J connectivity index is 1.95. The molecule has 1 aliphatic carbocycles. The molecule has 0 radical (unpaired) electrons. The van der Waals surface area contributed by atoms with E-state index >= 15 is 0 Å². The van der Waals surface area contributed by atoms with E-state index in [2.05, 4.69) is 29.4 Å². The fourth-order valence-corrected chi connectivity index (χ4v) is 2.26. The van der Waals surface area contributed by atoms with Crippen LogP contribution in [0.1, 0.15) is 23.5 Å². The molecule has 0 atom stereocenters. The first kappa shape index (κ1) is 7.99. The summed E-state index contributed by atoms with van der Waals surface area (Å²) in [6.07, 6.45) is 8.22. The van der Waals surface area contributed by atoms with Gasteiger partial charge < -0.3 is 0 Å². The van der Waals surface area contributed by atoms with Crippen molar-refractivity contribution >= 4 is 11.3 Å². The largest absolute Gasteiger partial charge is 0.247 e. The molecule has 1 aliphatic rings. The summed E-state index contributed by atoms with van der Waals surface area (Å²) >= 11 is 1.76. The lowest BCUT2D eigenvalue weighted by Crippen LogP contribution is -1.99. The van der Waals surface area contributed by atoms with Crippen LogP contribution in [0.2, 0.25) is 0 Å². The Hall–Kier alpha value is -0.630. The van der Waals surface area contributed by atoms with Crippen LogP contribution >= 0.6 is 11.3 Å². The zero-order valence-electron chi connectivity index (χ0n) is 7.29. The molecule has 2 rings (SSSR count). The smallest absolute Gasteiger partial charge is 0.0897 e. The number of hydrogen-bond donors (Lipinski definition) is 0. The number of thiazole rings is 1. The molecule has 1 heterocycles. The van der Waals surface area contributed by atoms with Gasteiger partial charge in [0.15, 0.2) is 0 Å². The minimum Gasteiger partial charge on any atom is -0.247 e. The van der Waals surface area contributed by atoms with Crippen LogP contribution in [-0.2, 0) is 6.42 Å². The van der Waals surface area contributed by atoms with Gasteiger partial charge in [0.25, 0.3) is 0 Å². The second kappa shape index (κ2) is 3.40. The average Bonchev–Trinajstić information content (AvgIpc) is 2.63. The molecule has 0 saturated carbocycles. The van der Waals surface area contributed by atoms with Gasteiger partial charge in [-0.05, 0) is 32.1 Å². The first-order valence-electron chi connectivity index (χ1n) is 4.40. The molecule has 64 valence electrons. The Kier molecular flexibility index (Phi) is 2.26. The molecule has 12 heavy (non-hydrogen) atoms. The number of hydrogen-bond acceptors (Lipinski definition) is 2. The molecule has 0 aromatic carbocycles.